The lowest BCUT2D eigenvalue weighted by Crippen LogP contribution is -2.66. The highest BCUT2D eigenvalue weighted by atomic mass is 16.7. The summed E-state index contributed by atoms with van der Waals surface area (Å²) in [5, 5.41) is 34.3. The third-order valence-corrected chi connectivity index (χ3v) is 18.3. The van der Waals surface area contributed by atoms with Gasteiger partial charge in [-0.3, -0.25) is 91.3 Å². The first-order chi connectivity index (χ1) is 63.0. The Hall–Kier alpha value is -9.69. The molecule has 10 N–H and O–H groups in total. The van der Waals surface area contributed by atoms with E-state index in [4.69, 9.17) is 104 Å². The topological polar surface area (TPSA) is 628 Å². The van der Waals surface area contributed by atoms with E-state index in [0.29, 0.717) is 19.6 Å². The van der Waals surface area contributed by atoms with Crippen molar-refractivity contribution < 1.29 is 191 Å². The lowest BCUT2D eigenvalue weighted by Gasteiger charge is -2.44. The van der Waals surface area contributed by atoms with Crippen LogP contribution in [0.1, 0.15) is 102 Å². The number of aliphatic hydroxyl groups excluding tert-OH is 1. The highest BCUT2D eigenvalue weighted by Gasteiger charge is 2.54. The van der Waals surface area contributed by atoms with E-state index in [1.54, 1.807) is 4.90 Å². The predicted octanol–water partition coefficient (Wildman–Crippen LogP) is -6.94. The number of hydrogen-bond acceptors (Lipinski definition) is 43. The van der Waals surface area contributed by atoms with Gasteiger partial charge in [0.2, 0.25) is 47.3 Å². The van der Waals surface area contributed by atoms with Crippen molar-refractivity contribution >= 4 is 101 Å². The molecule has 3 aliphatic rings. The van der Waals surface area contributed by atoms with E-state index < -0.39 is 195 Å². The smallest absolute Gasteiger partial charge is 0.303 e. The maximum Gasteiger partial charge on any atom is 0.303 e. The SMILES string of the molecule is CC(=O)NC1C(OCCOCCOCCC(=O)NCCNCCN(CCN(CCOCCO)CC(=O)NCCNC(=O)CCOCCOCCOC2OC(COC(C)=O)C(OC(C)=O)C(OC(C)=O)C2NC(C)=O)CC(=O)NCCNC(=O)CCOCCOCCOC2OC(COC(C)=O)C(OC(C)=O)C(OC(C)=O)C2NC(C)=O)OC(COC(C)=O)C(OC(C)=O)C1OC(C)=O. The molecule has 0 radical (unpaired) electrons. The molecule has 0 aromatic rings. The van der Waals surface area contributed by atoms with Gasteiger partial charge in [0.15, 0.2) is 55.5 Å². The Morgan fingerprint density at radius 2 is 0.530 bits per heavy atom. The van der Waals surface area contributed by atoms with Crippen molar-refractivity contribution in [2.75, 3.05) is 224 Å². The van der Waals surface area contributed by atoms with Crippen LogP contribution in [0.2, 0.25) is 0 Å². The van der Waals surface area contributed by atoms with Crippen molar-refractivity contribution in [3.63, 3.8) is 0 Å². The van der Waals surface area contributed by atoms with Crippen LogP contribution in [0, 0.1) is 0 Å². The van der Waals surface area contributed by atoms with Gasteiger partial charge in [-0.25, -0.2) is 0 Å². The summed E-state index contributed by atoms with van der Waals surface area (Å²) in [4.78, 5) is 214. The largest absolute Gasteiger partial charge is 0.463 e. The van der Waals surface area contributed by atoms with E-state index >= 15 is 0 Å². The summed E-state index contributed by atoms with van der Waals surface area (Å²) in [6.45, 7) is 14.6. The zero-order valence-corrected chi connectivity index (χ0v) is 77.1. The number of nitrogens with zero attached hydrogens (tertiary/aromatic N) is 2. The molecule has 3 fully saturated rings. The Morgan fingerprint density at radius 1 is 0.273 bits per heavy atom. The molecule has 754 valence electrons. The number of ether oxygens (including phenoxy) is 22. The minimum absolute atomic E-state index is 0.00601. The van der Waals surface area contributed by atoms with Gasteiger partial charge in [0, 0.05) is 174 Å². The van der Waals surface area contributed by atoms with E-state index in [1.165, 1.54) is 20.8 Å². The standard InChI is InChI=1S/C81H135N11O40/c1-50(94)88-70-76(127-59(10)103)73(124-56(7)100)62(47-121-53(4)97)130-79(70)118-42-39-115-36-33-111-28-13-65(106)83-17-16-82-22-23-91(45-68(109)86-20-18-84-66(107)14-29-112-34-37-116-40-43-119-80-71(89-51(2)95)77(128-60(11)104)74(125-57(8)101)63(131-80)48-122-54(5)98)24-25-92(26-31-114-32-27-93)46-69(110)87-21-19-85-67(108)15-30-113-35-38-117-41-44-120-81-72(90-52(3)96)78(129-61(12)105)75(126-58(9)102)64(132-81)49-123-55(6)99/h62-64,70-82,93H,13-49H2,1-12H3,(H,83,106)(H,84,107)(H,85,108)(H,86,109)(H,87,110)(H,88,94)(H,89,95)(H,90,96). The number of nitrogens with one attached hydrogen (secondary N) is 9. The van der Waals surface area contributed by atoms with E-state index in [-0.39, 0.29) is 221 Å². The maximum atomic E-state index is 13.5. The van der Waals surface area contributed by atoms with Crippen LogP contribution in [-0.2, 0) is 186 Å². The molecular weight excluding hydrogens is 1770 g/mol. The van der Waals surface area contributed by atoms with E-state index in [9.17, 15) is 86.6 Å². The van der Waals surface area contributed by atoms with E-state index in [2.05, 4.69) is 47.9 Å². The monoisotopic (exact) mass is 1900 g/mol. The maximum absolute atomic E-state index is 13.5. The first-order valence-corrected chi connectivity index (χ1v) is 43.2. The highest BCUT2D eigenvalue weighted by molar-refractivity contribution is 5.80. The molecule has 0 aromatic carbocycles. The lowest BCUT2D eigenvalue weighted by molar-refractivity contribution is -0.279. The quantitative estimate of drug-likeness (QED) is 0.0154. The molecule has 15 atom stereocenters. The average molecular weight is 1900 g/mol. The normalized spacial score (nSPS) is 21.5. The second-order valence-corrected chi connectivity index (χ2v) is 29.6. The summed E-state index contributed by atoms with van der Waals surface area (Å²) in [5.41, 5.74) is 0. The number of carbonyl (C=O) groups is 17. The highest BCUT2D eigenvalue weighted by Crippen LogP contribution is 2.31. The molecule has 15 unspecified atom stereocenters. The number of esters is 9. The van der Waals surface area contributed by atoms with Crippen molar-refractivity contribution in [1.29, 1.82) is 0 Å². The fourth-order valence-electron chi connectivity index (χ4n) is 12.9. The summed E-state index contributed by atoms with van der Waals surface area (Å²) >= 11 is 0. The third kappa shape index (κ3) is 53.3. The van der Waals surface area contributed by atoms with Crippen molar-refractivity contribution in [3.8, 4) is 0 Å². The van der Waals surface area contributed by atoms with Gasteiger partial charge in [-0.05, 0) is 0 Å². The molecule has 0 bridgehead atoms. The Kier molecular flexibility index (Phi) is 60.3. The fourth-order valence-corrected chi connectivity index (χ4v) is 12.9. The van der Waals surface area contributed by atoms with Gasteiger partial charge < -0.3 is 157 Å². The number of amides is 8. The van der Waals surface area contributed by atoms with Crippen molar-refractivity contribution in [1.82, 2.24) is 57.7 Å². The molecule has 3 saturated heterocycles. The van der Waals surface area contributed by atoms with Gasteiger partial charge in [0.1, 0.15) is 56.3 Å². The van der Waals surface area contributed by atoms with Crippen molar-refractivity contribution in [3.05, 3.63) is 0 Å². The fraction of sp³-hybridized carbons (Fsp3) is 0.790. The Labute approximate surface area is 764 Å². The molecule has 51 heteroatoms. The van der Waals surface area contributed by atoms with E-state index in [0.717, 1.165) is 62.3 Å². The van der Waals surface area contributed by atoms with Crippen LogP contribution in [0.15, 0.2) is 0 Å². The Bertz CT molecular complexity index is 3540. The van der Waals surface area contributed by atoms with Crippen molar-refractivity contribution in [2.24, 2.45) is 0 Å². The first-order valence-electron chi connectivity index (χ1n) is 43.2. The number of hydrogen-bond donors (Lipinski definition) is 10. The second kappa shape index (κ2) is 68.3. The summed E-state index contributed by atoms with van der Waals surface area (Å²) in [7, 11) is 0. The van der Waals surface area contributed by atoms with Crippen LogP contribution >= 0.6 is 0 Å². The Morgan fingerprint density at radius 3 is 0.811 bits per heavy atom. The lowest BCUT2D eigenvalue weighted by atomic mass is 9.96. The molecular formula is C81H135N11O40. The summed E-state index contributed by atoms with van der Waals surface area (Å²) in [6.07, 6.45) is -15.2. The molecule has 3 heterocycles. The number of rotatable bonds is 69. The van der Waals surface area contributed by atoms with Crippen LogP contribution in [0.3, 0.4) is 0 Å². The number of carbonyl (C=O) groups excluding carboxylic acids is 17. The molecule has 0 saturated carbocycles. The zero-order valence-electron chi connectivity index (χ0n) is 77.1. The van der Waals surface area contributed by atoms with Crippen LogP contribution < -0.4 is 47.9 Å². The summed E-state index contributed by atoms with van der Waals surface area (Å²) < 4.78 is 123. The van der Waals surface area contributed by atoms with Crippen molar-refractivity contribution in [2.45, 2.75) is 194 Å². The molecule has 0 spiro atoms. The van der Waals surface area contributed by atoms with Gasteiger partial charge in [-0.1, -0.05) is 0 Å². The average Bonchev–Trinajstić information content (AvgIpc) is 0.796. The molecule has 51 nitrogen and oxygen atoms in total. The molecule has 8 amide bonds. The van der Waals surface area contributed by atoms with Gasteiger partial charge in [-0.2, -0.15) is 0 Å². The van der Waals surface area contributed by atoms with Crippen LogP contribution in [-0.4, -0.2) is 432 Å². The van der Waals surface area contributed by atoms with Gasteiger partial charge >= 0.3 is 53.7 Å². The minimum Gasteiger partial charge on any atom is -0.463 e. The first kappa shape index (κ1) is 116. The van der Waals surface area contributed by atoms with Crippen LogP contribution in [0.4, 0.5) is 0 Å². The zero-order chi connectivity index (χ0) is 97.7. The van der Waals surface area contributed by atoms with Gasteiger partial charge in [0.05, 0.1) is 132 Å². The molecule has 0 aliphatic carbocycles. The van der Waals surface area contributed by atoms with Crippen LogP contribution in [0.5, 0.6) is 0 Å². The summed E-state index contributed by atoms with van der Waals surface area (Å²) in [5.74, 6) is -10.1. The van der Waals surface area contributed by atoms with Gasteiger partial charge in [0.25, 0.3) is 0 Å². The second-order valence-electron chi connectivity index (χ2n) is 29.6. The van der Waals surface area contributed by atoms with E-state index in [1.807, 2.05) is 4.90 Å². The van der Waals surface area contributed by atoms with Crippen LogP contribution in [0.25, 0.3) is 0 Å². The minimum atomic E-state index is -1.31. The molecule has 3 aliphatic heterocycles. The molecule has 132 heavy (non-hydrogen) atoms. The molecule has 0 aromatic heterocycles. The summed E-state index contributed by atoms with van der Waals surface area (Å²) in [6, 6.07) is -3.50. The number of aliphatic hydroxyl groups is 1. The molecule has 3 rings (SSSR count). The Balaban J connectivity index is 1.52. The van der Waals surface area contributed by atoms with Gasteiger partial charge in [-0.15, -0.1) is 0 Å². The predicted molar refractivity (Wildman–Crippen MR) is 447 cm³/mol. The third-order valence-electron chi connectivity index (χ3n) is 18.3.